The van der Waals surface area contributed by atoms with Gasteiger partial charge in [-0.2, -0.15) is 0 Å². The standard InChI is InChI=1S/C19H18O6/c1-2-3-12-24-18(22)13-8-10-14(11-9-13)25-19(23)16-7-5-4-6-15(16)17(20)21/h4-11H,2-3,12H2,1H3,(H,20,21). The Morgan fingerprint density at radius 3 is 2.16 bits per heavy atom. The van der Waals surface area contributed by atoms with E-state index in [9.17, 15) is 14.4 Å². The summed E-state index contributed by atoms with van der Waals surface area (Å²) in [6, 6.07) is 11.7. The minimum atomic E-state index is -1.21. The van der Waals surface area contributed by atoms with Crippen molar-refractivity contribution in [1.29, 1.82) is 0 Å². The molecule has 0 fully saturated rings. The highest BCUT2D eigenvalue weighted by Crippen LogP contribution is 2.17. The molecule has 0 radical (unpaired) electrons. The van der Waals surface area contributed by atoms with Crippen LogP contribution < -0.4 is 4.74 Å². The average Bonchev–Trinajstić information content (AvgIpc) is 2.62. The molecular weight excluding hydrogens is 324 g/mol. The van der Waals surface area contributed by atoms with E-state index in [1.807, 2.05) is 6.92 Å². The molecule has 0 aliphatic carbocycles. The monoisotopic (exact) mass is 342 g/mol. The van der Waals surface area contributed by atoms with Crippen LogP contribution in [0.2, 0.25) is 0 Å². The molecule has 0 bridgehead atoms. The maximum absolute atomic E-state index is 12.2. The molecule has 0 unspecified atom stereocenters. The Hall–Kier alpha value is -3.15. The quantitative estimate of drug-likeness (QED) is 0.470. The molecule has 2 rings (SSSR count). The van der Waals surface area contributed by atoms with Crippen LogP contribution >= 0.6 is 0 Å². The number of rotatable bonds is 7. The van der Waals surface area contributed by atoms with Crippen molar-refractivity contribution >= 4 is 17.9 Å². The number of hydrogen-bond acceptors (Lipinski definition) is 5. The van der Waals surface area contributed by atoms with Gasteiger partial charge in [-0.1, -0.05) is 25.5 Å². The van der Waals surface area contributed by atoms with Gasteiger partial charge in [-0.05, 0) is 42.8 Å². The van der Waals surface area contributed by atoms with Crippen LogP contribution in [-0.4, -0.2) is 29.6 Å². The Morgan fingerprint density at radius 2 is 1.56 bits per heavy atom. The van der Waals surface area contributed by atoms with Gasteiger partial charge in [-0.3, -0.25) is 0 Å². The van der Waals surface area contributed by atoms with E-state index in [4.69, 9.17) is 14.6 Å². The number of carbonyl (C=O) groups is 3. The zero-order chi connectivity index (χ0) is 18.2. The van der Waals surface area contributed by atoms with Crippen LogP contribution in [0, 0.1) is 0 Å². The van der Waals surface area contributed by atoms with Gasteiger partial charge >= 0.3 is 17.9 Å². The Kier molecular flexibility index (Phi) is 6.28. The fraction of sp³-hybridized carbons (Fsp3) is 0.211. The predicted molar refractivity (Wildman–Crippen MR) is 90.0 cm³/mol. The average molecular weight is 342 g/mol. The van der Waals surface area contributed by atoms with Crippen LogP contribution in [0.5, 0.6) is 5.75 Å². The molecule has 0 amide bonds. The van der Waals surface area contributed by atoms with Crippen molar-refractivity contribution in [2.24, 2.45) is 0 Å². The summed E-state index contributed by atoms with van der Waals surface area (Å²) < 4.78 is 10.3. The van der Waals surface area contributed by atoms with Gasteiger partial charge in [0.2, 0.25) is 0 Å². The smallest absolute Gasteiger partial charge is 0.344 e. The van der Waals surface area contributed by atoms with Crippen molar-refractivity contribution in [1.82, 2.24) is 0 Å². The number of carbonyl (C=O) groups excluding carboxylic acids is 2. The molecule has 6 heteroatoms. The maximum Gasteiger partial charge on any atom is 0.344 e. The molecule has 0 heterocycles. The van der Waals surface area contributed by atoms with Gasteiger partial charge in [0.15, 0.2) is 0 Å². The fourth-order valence-corrected chi connectivity index (χ4v) is 2.06. The summed E-state index contributed by atoms with van der Waals surface area (Å²) in [6.45, 7) is 2.36. The summed E-state index contributed by atoms with van der Waals surface area (Å²) >= 11 is 0. The summed E-state index contributed by atoms with van der Waals surface area (Å²) in [6.07, 6.45) is 1.73. The SMILES string of the molecule is CCCCOC(=O)c1ccc(OC(=O)c2ccccc2C(=O)O)cc1. The first-order chi connectivity index (χ1) is 12.0. The lowest BCUT2D eigenvalue weighted by Crippen LogP contribution is -2.14. The lowest BCUT2D eigenvalue weighted by atomic mass is 10.1. The van der Waals surface area contributed by atoms with E-state index in [0.29, 0.717) is 12.2 Å². The zero-order valence-electron chi connectivity index (χ0n) is 13.7. The third kappa shape index (κ3) is 4.91. The molecule has 0 atom stereocenters. The molecule has 0 saturated heterocycles. The first-order valence-corrected chi connectivity index (χ1v) is 7.84. The van der Waals surface area contributed by atoms with E-state index in [2.05, 4.69) is 0 Å². The Morgan fingerprint density at radius 1 is 0.920 bits per heavy atom. The topological polar surface area (TPSA) is 89.9 Å². The van der Waals surface area contributed by atoms with Crippen LogP contribution in [0.1, 0.15) is 50.8 Å². The van der Waals surface area contributed by atoms with Crippen molar-refractivity contribution < 1.29 is 29.0 Å². The first kappa shape index (κ1) is 18.2. The Labute approximate surface area is 145 Å². The highest BCUT2D eigenvalue weighted by Gasteiger charge is 2.18. The zero-order valence-corrected chi connectivity index (χ0v) is 13.7. The van der Waals surface area contributed by atoms with E-state index >= 15 is 0 Å². The Balaban J connectivity index is 2.05. The van der Waals surface area contributed by atoms with Crippen molar-refractivity contribution in [2.75, 3.05) is 6.61 Å². The minimum Gasteiger partial charge on any atom is -0.478 e. The summed E-state index contributed by atoms with van der Waals surface area (Å²) in [5, 5.41) is 9.11. The fourth-order valence-electron chi connectivity index (χ4n) is 2.06. The van der Waals surface area contributed by atoms with Gasteiger partial charge in [0.05, 0.1) is 23.3 Å². The molecule has 0 spiro atoms. The Bertz CT molecular complexity index is 764. The van der Waals surface area contributed by atoms with Gasteiger partial charge in [0.1, 0.15) is 5.75 Å². The second kappa shape index (κ2) is 8.63. The van der Waals surface area contributed by atoms with Crippen molar-refractivity contribution in [3.63, 3.8) is 0 Å². The number of hydrogen-bond donors (Lipinski definition) is 1. The normalized spacial score (nSPS) is 10.1. The molecule has 6 nitrogen and oxygen atoms in total. The van der Waals surface area contributed by atoms with Gasteiger partial charge in [-0.15, -0.1) is 0 Å². The third-order valence-corrected chi connectivity index (χ3v) is 3.41. The van der Waals surface area contributed by atoms with Gasteiger partial charge in [0, 0.05) is 0 Å². The van der Waals surface area contributed by atoms with Crippen LogP contribution in [0.15, 0.2) is 48.5 Å². The second-order valence-electron chi connectivity index (χ2n) is 5.25. The molecule has 0 aliphatic heterocycles. The first-order valence-electron chi connectivity index (χ1n) is 7.84. The number of unbranched alkanes of at least 4 members (excludes halogenated alkanes) is 1. The molecule has 1 N–H and O–H groups in total. The lowest BCUT2D eigenvalue weighted by molar-refractivity contribution is 0.0499. The van der Waals surface area contributed by atoms with Crippen LogP contribution in [0.4, 0.5) is 0 Å². The van der Waals surface area contributed by atoms with E-state index in [1.54, 1.807) is 6.07 Å². The summed E-state index contributed by atoms with van der Waals surface area (Å²) in [4.78, 5) is 35.1. The number of benzene rings is 2. The summed E-state index contributed by atoms with van der Waals surface area (Å²) in [5.41, 5.74) is 0.170. The van der Waals surface area contributed by atoms with Gasteiger partial charge in [0.25, 0.3) is 0 Å². The van der Waals surface area contributed by atoms with E-state index in [-0.39, 0.29) is 16.9 Å². The van der Waals surface area contributed by atoms with Crippen LogP contribution in [-0.2, 0) is 4.74 Å². The number of ether oxygens (including phenoxy) is 2. The predicted octanol–water partition coefficient (Wildman–Crippen LogP) is 3.56. The third-order valence-electron chi connectivity index (χ3n) is 3.41. The molecular formula is C19H18O6. The highest BCUT2D eigenvalue weighted by atomic mass is 16.5. The summed E-state index contributed by atoms with van der Waals surface area (Å²) in [7, 11) is 0. The highest BCUT2D eigenvalue weighted by molar-refractivity contribution is 6.03. The molecule has 0 aromatic heterocycles. The molecule has 2 aromatic rings. The number of carboxylic acids is 1. The van der Waals surface area contributed by atoms with Crippen LogP contribution in [0.3, 0.4) is 0 Å². The van der Waals surface area contributed by atoms with E-state index in [0.717, 1.165) is 12.8 Å². The molecule has 2 aromatic carbocycles. The number of carboxylic acid groups (broad SMARTS) is 1. The number of aromatic carboxylic acids is 1. The maximum atomic E-state index is 12.2. The second-order valence-corrected chi connectivity index (χ2v) is 5.25. The summed E-state index contributed by atoms with van der Waals surface area (Å²) in [5.74, 6) is -2.23. The van der Waals surface area contributed by atoms with E-state index < -0.39 is 17.9 Å². The van der Waals surface area contributed by atoms with Gasteiger partial charge < -0.3 is 14.6 Å². The van der Waals surface area contributed by atoms with Crippen LogP contribution in [0.25, 0.3) is 0 Å². The molecule has 25 heavy (non-hydrogen) atoms. The lowest BCUT2D eigenvalue weighted by Gasteiger charge is -2.08. The van der Waals surface area contributed by atoms with Gasteiger partial charge in [-0.25, -0.2) is 14.4 Å². The molecule has 130 valence electrons. The van der Waals surface area contributed by atoms with Crippen molar-refractivity contribution in [3.8, 4) is 5.75 Å². The van der Waals surface area contributed by atoms with E-state index in [1.165, 1.54) is 42.5 Å². The van der Waals surface area contributed by atoms with Crippen molar-refractivity contribution in [2.45, 2.75) is 19.8 Å². The molecule has 0 aliphatic rings. The van der Waals surface area contributed by atoms with Crippen molar-refractivity contribution in [3.05, 3.63) is 65.2 Å². The number of esters is 2. The molecule has 0 saturated carbocycles. The minimum absolute atomic E-state index is 0.0435. The largest absolute Gasteiger partial charge is 0.478 e.